The first kappa shape index (κ1) is 11.9. The number of carbonyl (C=O) groups excluding carboxylic acids is 1. The molecule has 1 heterocycles. The predicted octanol–water partition coefficient (Wildman–Crippen LogP) is 1.14. The van der Waals surface area contributed by atoms with Crippen LogP contribution >= 0.6 is 0 Å². The zero-order valence-corrected chi connectivity index (χ0v) is 9.94. The minimum atomic E-state index is -0.187. The summed E-state index contributed by atoms with van der Waals surface area (Å²) >= 11 is 0. The Hall–Kier alpha value is -1.55. The molecule has 0 amide bonds. The van der Waals surface area contributed by atoms with Crippen LogP contribution in [0.3, 0.4) is 0 Å². The average Bonchev–Trinajstić information content (AvgIpc) is 2.76. The fraction of sp³-hybridized carbons (Fsp3) is 0.462. The van der Waals surface area contributed by atoms with Gasteiger partial charge in [-0.05, 0) is 11.6 Å². The van der Waals surface area contributed by atoms with Gasteiger partial charge in [0.05, 0.1) is 13.5 Å². The van der Waals surface area contributed by atoms with Gasteiger partial charge in [0, 0.05) is 19.5 Å². The van der Waals surface area contributed by atoms with Crippen LogP contribution in [0.4, 0.5) is 0 Å². The van der Waals surface area contributed by atoms with Crippen molar-refractivity contribution in [3.05, 3.63) is 29.8 Å². The first-order valence-corrected chi connectivity index (χ1v) is 5.81. The second-order valence-corrected chi connectivity index (χ2v) is 4.08. The molecule has 0 radical (unpaired) electrons. The number of methoxy groups -OCH3 is 1. The topological polar surface area (TPSA) is 47.6 Å². The van der Waals surface area contributed by atoms with E-state index in [1.807, 2.05) is 18.2 Å². The standard InChI is InChI=1S/C13H17NO3/c1-16-13(15)6-7-14-9-11-8-10-4-2-3-5-12(10)17-11/h2-5,11,14H,6-9H2,1H3. The van der Waals surface area contributed by atoms with Crippen molar-refractivity contribution in [2.75, 3.05) is 20.2 Å². The summed E-state index contributed by atoms with van der Waals surface area (Å²) in [5.41, 5.74) is 1.26. The van der Waals surface area contributed by atoms with Crippen LogP contribution in [0.5, 0.6) is 5.75 Å². The monoisotopic (exact) mass is 235 g/mol. The molecule has 0 bridgehead atoms. The molecule has 1 aliphatic heterocycles. The molecule has 1 N–H and O–H groups in total. The van der Waals surface area contributed by atoms with Crippen LogP contribution in [0.25, 0.3) is 0 Å². The fourth-order valence-corrected chi connectivity index (χ4v) is 1.92. The first-order valence-electron chi connectivity index (χ1n) is 5.81. The normalized spacial score (nSPS) is 17.4. The highest BCUT2D eigenvalue weighted by molar-refractivity contribution is 5.69. The van der Waals surface area contributed by atoms with Gasteiger partial charge in [-0.1, -0.05) is 18.2 Å². The van der Waals surface area contributed by atoms with Crippen molar-refractivity contribution < 1.29 is 14.3 Å². The van der Waals surface area contributed by atoms with Crippen molar-refractivity contribution >= 4 is 5.97 Å². The number of para-hydroxylation sites is 1. The maximum Gasteiger partial charge on any atom is 0.306 e. The maximum absolute atomic E-state index is 10.9. The number of ether oxygens (including phenoxy) is 2. The van der Waals surface area contributed by atoms with E-state index in [4.69, 9.17) is 4.74 Å². The van der Waals surface area contributed by atoms with Crippen molar-refractivity contribution in [2.24, 2.45) is 0 Å². The fourth-order valence-electron chi connectivity index (χ4n) is 1.92. The number of rotatable bonds is 5. The van der Waals surface area contributed by atoms with Gasteiger partial charge in [0.15, 0.2) is 0 Å². The lowest BCUT2D eigenvalue weighted by Gasteiger charge is -2.11. The van der Waals surface area contributed by atoms with Crippen LogP contribution in [0.1, 0.15) is 12.0 Å². The Bertz CT molecular complexity index is 367. The van der Waals surface area contributed by atoms with E-state index in [1.165, 1.54) is 12.7 Å². The Labute approximate surface area is 101 Å². The smallest absolute Gasteiger partial charge is 0.306 e. The number of benzene rings is 1. The van der Waals surface area contributed by atoms with Crippen molar-refractivity contribution in [2.45, 2.75) is 18.9 Å². The van der Waals surface area contributed by atoms with Crippen LogP contribution in [0, 0.1) is 0 Å². The van der Waals surface area contributed by atoms with Gasteiger partial charge in [-0.25, -0.2) is 0 Å². The summed E-state index contributed by atoms with van der Waals surface area (Å²) in [6, 6.07) is 8.08. The second-order valence-electron chi connectivity index (χ2n) is 4.08. The number of hydrogen-bond donors (Lipinski definition) is 1. The highest BCUT2D eigenvalue weighted by Crippen LogP contribution is 2.27. The Morgan fingerprint density at radius 1 is 1.53 bits per heavy atom. The van der Waals surface area contributed by atoms with Gasteiger partial charge < -0.3 is 14.8 Å². The van der Waals surface area contributed by atoms with Crippen LogP contribution in [0.2, 0.25) is 0 Å². The third-order valence-electron chi connectivity index (χ3n) is 2.82. The lowest BCUT2D eigenvalue weighted by molar-refractivity contribution is -0.140. The third kappa shape index (κ3) is 3.20. The molecule has 1 unspecified atom stereocenters. The molecule has 0 aliphatic carbocycles. The Balaban J connectivity index is 1.68. The molecule has 0 fully saturated rings. The van der Waals surface area contributed by atoms with Crippen molar-refractivity contribution in [3.63, 3.8) is 0 Å². The summed E-state index contributed by atoms with van der Waals surface area (Å²) in [5.74, 6) is 0.792. The van der Waals surface area contributed by atoms with Gasteiger partial charge in [0.1, 0.15) is 11.9 Å². The number of esters is 1. The van der Waals surface area contributed by atoms with Gasteiger partial charge >= 0.3 is 5.97 Å². The van der Waals surface area contributed by atoms with Crippen LogP contribution in [0.15, 0.2) is 24.3 Å². The number of hydrogen-bond acceptors (Lipinski definition) is 4. The van der Waals surface area contributed by atoms with E-state index in [0.29, 0.717) is 13.0 Å². The SMILES string of the molecule is COC(=O)CCNCC1Cc2ccccc2O1. The Kier molecular flexibility index (Phi) is 3.98. The van der Waals surface area contributed by atoms with Crippen molar-refractivity contribution in [1.82, 2.24) is 5.32 Å². The van der Waals surface area contributed by atoms with Crippen LogP contribution in [-0.2, 0) is 16.0 Å². The van der Waals surface area contributed by atoms with E-state index in [2.05, 4.69) is 16.1 Å². The lowest BCUT2D eigenvalue weighted by Crippen LogP contribution is -2.31. The summed E-state index contributed by atoms with van der Waals surface area (Å²) in [5, 5.41) is 3.20. The number of fused-ring (bicyclic) bond motifs is 1. The number of nitrogens with one attached hydrogen (secondary N) is 1. The lowest BCUT2D eigenvalue weighted by atomic mass is 10.1. The summed E-state index contributed by atoms with van der Waals surface area (Å²) in [6.45, 7) is 1.38. The Morgan fingerprint density at radius 2 is 2.35 bits per heavy atom. The van der Waals surface area contributed by atoms with Gasteiger partial charge in [-0.2, -0.15) is 0 Å². The molecule has 1 aliphatic rings. The van der Waals surface area contributed by atoms with Crippen LogP contribution in [-0.4, -0.2) is 32.3 Å². The van der Waals surface area contributed by atoms with E-state index in [0.717, 1.165) is 18.7 Å². The third-order valence-corrected chi connectivity index (χ3v) is 2.82. The molecule has 4 heteroatoms. The first-order chi connectivity index (χ1) is 8.29. The molecule has 1 aromatic carbocycles. The molecule has 92 valence electrons. The minimum Gasteiger partial charge on any atom is -0.488 e. The zero-order chi connectivity index (χ0) is 12.1. The molecule has 0 spiro atoms. The average molecular weight is 235 g/mol. The van der Waals surface area contributed by atoms with Gasteiger partial charge in [0.25, 0.3) is 0 Å². The minimum absolute atomic E-state index is 0.171. The van der Waals surface area contributed by atoms with Gasteiger partial charge in [0.2, 0.25) is 0 Å². The van der Waals surface area contributed by atoms with E-state index < -0.39 is 0 Å². The summed E-state index contributed by atoms with van der Waals surface area (Å²) in [7, 11) is 1.40. The van der Waals surface area contributed by atoms with Crippen molar-refractivity contribution in [3.8, 4) is 5.75 Å². The molecule has 2 rings (SSSR count). The molecule has 0 aromatic heterocycles. The summed E-state index contributed by atoms with van der Waals surface area (Å²) in [4.78, 5) is 10.9. The van der Waals surface area contributed by atoms with E-state index in [9.17, 15) is 4.79 Å². The molecule has 1 atom stereocenters. The predicted molar refractivity (Wildman–Crippen MR) is 64.1 cm³/mol. The molecule has 0 saturated heterocycles. The van der Waals surface area contributed by atoms with Gasteiger partial charge in [-0.3, -0.25) is 4.79 Å². The summed E-state index contributed by atoms with van der Waals surface area (Å²) < 4.78 is 10.3. The zero-order valence-electron chi connectivity index (χ0n) is 9.94. The summed E-state index contributed by atoms with van der Waals surface area (Å²) in [6.07, 6.45) is 1.50. The largest absolute Gasteiger partial charge is 0.488 e. The quantitative estimate of drug-likeness (QED) is 0.614. The molecule has 0 saturated carbocycles. The van der Waals surface area contributed by atoms with Gasteiger partial charge in [-0.15, -0.1) is 0 Å². The molecular formula is C13H17NO3. The molecule has 17 heavy (non-hydrogen) atoms. The highest BCUT2D eigenvalue weighted by atomic mass is 16.5. The number of carbonyl (C=O) groups is 1. The Morgan fingerprint density at radius 3 is 3.12 bits per heavy atom. The van der Waals surface area contributed by atoms with E-state index in [1.54, 1.807) is 0 Å². The molecular weight excluding hydrogens is 218 g/mol. The van der Waals surface area contributed by atoms with Crippen LogP contribution < -0.4 is 10.1 Å². The second kappa shape index (κ2) is 5.68. The van der Waals surface area contributed by atoms with E-state index >= 15 is 0 Å². The molecule has 4 nitrogen and oxygen atoms in total. The molecule has 1 aromatic rings. The maximum atomic E-state index is 10.9. The highest BCUT2D eigenvalue weighted by Gasteiger charge is 2.21. The van der Waals surface area contributed by atoms with Crippen molar-refractivity contribution in [1.29, 1.82) is 0 Å². The van der Waals surface area contributed by atoms with E-state index in [-0.39, 0.29) is 12.1 Å².